The fraction of sp³-hybridized carbons (Fsp3) is 0.562. The molecule has 0 radical (unpaired) electrons. The Balaban J connectivity index is 1.67. The van der Waals surface area contributed by atoms with Crippen molar-refractivity contribution in [1.29, 1.82) is 0 Å². The highest BCUT2D eigenvalue weighted by molar-refractivity contribution is 7.91. The van der Waals surface area contributed by atoms with Gasteiger partial charge in [0.1, 0.15) is 5.54 Å². The third kappa shape index (κ3) is 3.57. The lowest BCUT2D eigenvalue weighted by molar-refractivity contribution is -0.134. The summed E-state index contributed by atoms with van der Waals surface area (Å²) in [5, 5.41) is 3.06. The zero-order chi connectivity index (χ0) is 16.5. The Kier molecular flexibility index (Phi) is 4.44. The second-order valence-electron chi connectivity index (χ2n) is 6.44. The first-order valence-corrected chi connectivity index (χ1v) is 9.57. The van der Waals surface area contributed by atoms with Gasteiger partial charge in [0.25, 0.3) is 0 Å². The van der Waals surface area contributed by atoms with Gasteiger partial charge in [-0.05, 0) is 12.6 Å². The molecule has 2 aliphatic rings. The molecule has 2 aliphatic heterocycles. The van der Waals surface area contributed by atoms with Gasteiger partial charge in [-0.2, -0.15) is 0 Å². The molecule has 3 rings (SSSR count). The second kappa shape index (κ2) is 6.22. The smallest absolute Gasteiger partial charge is 0.222 e. The predicted molar refractivity (Wildman–Crippen MR) is 86.8 cm³/mol. The van der Waals surface area contributed by atoms with Gasteiger partial charge in [0.2, 0.25) is 5.91 Å². The summed E-state index contributed by atoms with van der Waals surface area (Å²) in [5.74, 6) is 0.0842. The molecule has 6 nitrogen and oxygen atoms in total. The van der Waals surface area contributed by atoms with E-state index in [0.717, 1.165) is 5.56 Å². The van der Waals surface area contributed by atoms with Crippen molar-refractivity contribution in [1.82, 2.24) is 10.2 Å². The van der Waals surface area contributed by atoms with Crippen molar-refractivity contribution in [3.05, 3.63) is 35.9 Å². The van der Waals surface area contributed by atoms with Crippen molar-refractivity contribution in [3.8, 4) is 0 Å². The summed E-state index contributed by atoms with van der Waals surface area (Å²) in [4.78, 5) is 14.4. The Morgan fingerprint density at radius 1 is 1.35 bits per heavy atom. The third-order valence-electron chi connectivity index (χ3n) is 4.65. The Hall–Kier alpha value is -1.44. The van der Waals surface area contributed by atoms with Gasteiger partial charge in [-0.25, -0.2) is 8.42 Å². The number of nitrogens with zero attached hydrogens (tertiary/aromatic N) is 1. The van der Waals surface area contributed by atoms with Gasteiger partial charge in [-0.15, -0.1) is 0 Å². The highest BCUT2D eigenvalue weighted by Gasteiger charge is 2.42. The summed E-state index contributed by atoms with van der Waals surface area (Å²) in [7, 11) is -1.18. The lowest BCUT2D eigenvalue weighted by Gasteiger charge is -2.43. The van der Waals surface area contributed by atoms with Gasteiger partial charge in [0, 0.05) is 19.0 Å². The topological polar surface area (TPSA) is 75.7 Å². The van der Waals surface area contributed by atoms with Gasteiger partial charge in [0.15, 0.2) is 9.84 Å². The van der Waals surface area contributed by atoms with Crippen LogP contribution in [0.4, 0.5) is 0 Å². The molecule has 1 aromatic carbocycles. The maximum atomic E-state index is 12.5. The molecule has 126 valence electrons. The number of sulfone groups is 1. The van der Waals surface area contributed by atoms with Crippen molar-refractivity contribution in [3.63, 3.8) is 0 Å². The van der Waals surface area contributed by atoms with E-state index in [1.165, 1.54) is 0 Å². The summed E-state index contributed by atoms with van der Waals surface area (Å²) in [5.41, 5.74) is 0.536. The summed E-state index contributed by atoms with van der Waals surface area (Å²) in [6, 6.07) is 9.48. The normalized spacial score (nSPS) is 26.2. The van der Waals surface area contributed by atoms with Gasteiger partial charge in [0.05, 0.1) is 24.7 Å². The molecule has 23 heavy (non-hydrogen) atoms. The van der Waals surface area contributed by atoms with Gasteiger partial charge in [-0.1, -0.05) is 30.3 Å². The molecule has 1 atom stereocenters. The average Bonchev–Trinajstić information content (AvgIpc) is 2.47. The van der Waals surface area contributed by atoms with E-state index in [4.69, 9.17) is 4.74 Å². The highest BCUT2D eigenvalue weighted by Crippen LogP contribution is 2.29. The number of hydrogen-bond donors (Lipinski definition) is 1. The third-order valence-corrected chi connectivity index (χ3v) is 6.34. The molecule has 0 spiro atoms. The first kappa shape index (κ1) is 16.4. The maximum Gasteiger partial charge on any atom is 0.222 e. The van der Waals surface area contributed by atoms with E-state index in [2.05, 4.69) is 5.32 Å². The summed E-state index contributed by atoms with van der Waals surface area (Å²) in [6.45, 7) is 1.37. The minimum Gasteiger partial charge on any atom is -0.376 e. The van der Waals surface area contributed by atoms with E-state index >= 15 is 0 Å². The maximum absolute atomic E-state index is 12.5. The van der Waals surface area contributed by atoms with E-state index < -0.39 is 15.4 Å². The summed E-state index contributed by atoms with van der Waals surface area (Å²) in [6.07, 6.45) is 0.185. The zero-order valence-electron chi connectivity index (χ0n) is 13.2. The molecule has 2 heterocycles. The minimum atomic E-state index is -3.04. The lowest BCUT2D eigenvalue weighted by atomic mass is 9.87. The molecule has 1 N–H and O–H groups in total. The molecule has 7 heteroatoms. The number of nitrogens with one attached hydrogen (secondary N) is 1. The van der Waals surface area contributed by atoms with Crippen LogP contribution in [-0.2, 0) is 24.9 Å². The Morgan fingerprint density at radius 2 is 2.04 bits per heavy atom. The molecule has 1 amide bonds. The van der Waals surface area contributed by atoms with E-state index in [0.29, 0.717) is 19.8 Å². The van der Waals surface area contributed by atoms with Gasteiger partial charge < -0.3 is 15.0 Å². The largest absolute Gasteiger partial charge is 0.376 e. The molecule has 2 fully saturated rings. The van der Waals surface area contributed by atoms with Crippen LogP contribution in [0.5, 0.6) is 0 Å². The van der Waals surface area contributed by atoms with Crippen LogP contribution in [0.15, 0.2) is 30.3 Å². The number of amides is 1. The minimum absolute atomic E-state index is 0.0474. The molecule has 0 aromatic heterocycles. The standard InChI is InChI=1S/C16H22N2O4S/c1-18-7-8-23(20,21)10-14(18)9-15(19)17-16(11-22-12-16)13-5-3-2-4-6-13/h2-6,14H,7-12H2,1H3,(H,17,19). The number of hydrogen-bond acceptors (Lipinski definition) is 5. The van der Waals surface area contributed by atoms with Crippen molar-refractivity contribution in [2.24, 2.45) is 0 Å². The van der Waals surface area contributed by atoms with Crippen LogP contribution < -0.4 is 5.32 Å². The van der Waals surface area contributed by atoms with Crippen LogP contribution in [0.25, 0.3) is 0 Å². The van der Waals surface area contributed by atoms with Crippen LogP contribution in [0.3, 0.4) is 0 Å². The first-order valence-electron chi connectivity index (χ1n) is 7.75. The predicted octanol–water partition coefficient (Wildman–Crippen LogP) is 0.147. The number of benzene rings is 1. The quantitative estimate of drug-likeness (QED) is 0.846. The molecule has 1 aromatic rings. The second-order valence-corrected chi connectivity index (χ2v) is 8.67. The molecule has 0 aliphatic carbocycles. The highest BCUT2D eigenvalue weighted by atomic mass is 32.2. The number of carbonyl (C=O) groups excluding carboxylic acids is 1. The zero-order valence-corrected chi connectivity index (χ0v) is 14.0. The van der Waals surface area contributed by atoms with E-state index in [-0.39, 0.29) is 29.9 Å². The molecular formula is C16H22N2O4S. The van der Waals surface area contributed by atoms with Crippen LogP contribution in [0.2, 0.25) is 0 Å². The number of carbonyl (C=O) groups is 1. The Morgan fingerprint density at radius 3 is 2.65 bits per heavy atom. The fourth-order valence-electron chi connectivity index (χ4n) is 3.09. The lowest BCUT2D eigenvalue weighted by Crippen LogP contribution is -2.60. The Bertz CT molecular complexity index is 671. The van der Waals surface area contributed by atoms with E-state index in [1.807, 2.05) is 42.3 Å². The molecule has 1 unspecified atom stereocenters. The molecule has 0 saturated carbocycles. The summed E-state index contributed by atoms with van der Waals surface area (Å²) < 4.78 is 28.9. The average molecular weight is 338 g/mol. The molecule has 0 bridgehead atoms. The number of ether oxygens (including phenoxy) is 1. The fourth-order valence-corrected chi connectivity index (χ4v) is 4.78. The number of rotatable bonds is 4. The van der Waals surface area contributed by atoms with Crippen molar-refractivity contribution in [2.45, 2.75) is 18.0 Å². The SMILES string of the molecule is CN1CCS(=O)(=O)CC1CC(=O)NC1(c2ccccc2)COC1. The first-order chi connectivity index (χ1) is 10.9. The van der Waals surface area contributed by atoms with Crippen LogP contribution in [-0.4, -0.2) is 63.6 Å². The van der Waals surface area contributed by atoms with E-state index in [9.17, 15) is 13.2 Å². The van der Waals surface area contributed by atoms with Crippen molar-refractivity contribution in [2.75, 3.05) is 38.3 Å². The van der Waals surface area contributed by atoms with Crippen molar-refractivity contribution < 1.29 is 17.9 Å². The monoisotopic (exact) mass is 338 g/mol. The van der Waals surface area contributed by atoms with Crippen LogP contribution >= 0.6 is 0 Å². The van der Waals surface area contributed by atoms with Gasteiger partial charge >= 0.3 is 0 Å². The molecular weight excluding hydrogens is 316 g/mol. The van der Waals surface area contributed by atoms with E-state index in [1.54, 1.807) is 0 Å². The summed E-state index contributed by atoms with van der Waals surface area (Å²) >= 11 is 0. The van der Waals surface area contributed by atoms with Crippen LogP contribution in [0.1, 0.15) is 12.0 Å². The van der Waals surface area contributed by atoms with Gasteiger partial charge in [-0.3, -0.25) is 4.79 Å². The molecule has 2 saturated heterocycles. The Labute approximate surface area is 136 Å². The van der Waals surface area contributed by atoms with Crippen molar-refractivity contribution >= 4 is 15.7 Å². The van der Waals surface area contributed by atoms with Crippen LogP contribution in [0, 0.1) is 0 Å².